The van der Waals surface area contributed by atoms with Gasteiger partial charge in [-0.2, -0.15) is 0 Å². The maximum absolute atomic E-state index is 11.2. The first-order valence-electron chi connectivity index (χ1n) is 4.92. The van der Waals surface area contributed by atoms with Crippen LogP contribution in [0.4, 0.5) is 5.69 Å². The van der Waals surface area contributed by atoms with Crippen LogP contribution >= 0.6 is 0 Å². The lowest BCUT2D eigenvalue weighted by Crippen LogP contribution is -2.34. The van der Waals surface area contributed by atoms with E-state index in [1.165, 1.54) is 0 Å². The summed E-state index contributed by atoms with van der Waals surface area (Å²) in [6.07, 6.45) is -0.509. The minimum Gasteiger partial charge on any atom is -0.392 e. The summed E-state index contributed by atoms with van der Waals surface area (Å²) in [7, 11) is 0. The molecule has 0 bridgehead atoms. The van der Waals surface area contributed by atoms with E-state index in [1.807, 2.05) is 30.3 Å². The van der Waals surface area contributed by atoms with Gasteiger partial charge in [-0.25, -0.2) is 0 Å². The Morgan fingerprint density at radius 1 is 1.40 bits per heavy atom. The van der Waals surface area contributed by atoms with E-state index in [-0.39, 0.29) is 19.0 Å². The van der Waals surface area contributed by atoms with Crippen molar-refractivity contribution in [3.63, 3.8) is 0 Å². The molecule has 0 aromatic heterocycles. The molecule has 0 unspecified atom stereocenters. The van der Waals surface area contributed by atoms with Gasteiger partial charge in [0.2, 0.25) is 5.91 Å². The predicted molar refractivity (Wildman–Crippen MR) is 59.6 cm³/mol. The van der Waals surface area contributed by atoms with Crippen molar-refractivity contribution in [1.82, 2.24) is 5.32 Å². The Morgan fingerprint density at radius 3 is 2.67 bits per heavy atom. The van der Waals surface area contributed by atoms with Crippen LogP contribution in [-0.4, -0.2) is 30.2 Å². The number of anilines is 1. The molecule has 3 N–H and O–H groups in total. The first-order chi connectivity index (χ1) is 7.18. The number of carbonyl (C=O) groups is 1. The summed E-state index contributed by atoms with van der Waals surface area (Å²) in [4.78, 5) is 11.2. The molecule has 1 aromatic rings. The molecule has 1 atom stereocenters. The predicted octanol–water partition coefficient (Wildman–Crippen LogP) is 0.595. The van der Waals surface area contributed by atoms with Crippen molar-refractivity contribution in [2.75, 3.05) is 18.4 Å². The number of hydrogen-bond donors (Lipinski definition) is 3. The van der Waals surface area contributed by atoms with Crippen molar-refractivity contribution in [2.24, 2.45) is 0 Å². The second kappa shape index (κ2) is 6.03. The molecule has 4 heteroatoms. The summed E-state index contributed by atoms with van der Waals surface area (Å²) < 4.78 is 0. The standard InChI is InChI=1S/C11H16N2O2/c1-9(14)7-13-11(15)8-12-10-5-3-2-4-6-10/h2-6,9,12,14H,7-8H2,1H3,(H,13,15)/t9-/m1/s1. The van der Waals surface area contributed by atoms with Gasteiger partial charge < -0.3 is 15.7 Å². The Balaban J connectivity index is 2.23. The zero-order valence-electron chi connectivity index (χ0n) is 8.73. The molecule has 0 aliphatic rings. The fraction of sp³-hybridized carbons (Fsp3) is 0.364. The highest BCUT2D eigenvalue weighted by Crippen LogP contribution is 2.03. The van der Waals surface area contributed by atoms with E-state index in [0.29, 0.717) is 0 Å². The van der Waals surface area contributed by atoms with Crippen molar-refractivity contribution in [3.05, 3.63) is 30.3 Å². The van der Waals surface area contributed by atoms with Gasteiger partial charge in [0.05, 0.1) is 12.6 Å². The van der Waals surface area contributed by atoms with Gasteiger partial charge in [0.15, 0.2) is 0 Å². The molecule has 0 aliphatic carbocycles. The smallest absolute Gasteiger partial charge is 0.239 e. The molecular weight excluding hydrogens is 192 g/mol. The SMILES string of the molecule is C[C@@H](O)CNC(=O)CNc1ccccc1. The third kappa shape index (κ3) is 5.02. The zero-order chi connectivity index (χ0) is 11.1. The van der Waals surface area contributed by atoms with Crippen LogP contribution in [0.3, 0.4) is 0 Å². The Hall–Kier alpha value is -1.55. The van der Waals surface area contributed by atoms with Gasteiger partial charge in [0.25, 0.3) is 0 Å². The maximum Gasteiger partial charge on any atom is 0.239 e. The molecule has 1 aromatic carbocycles. The zero-order valence-corrected chi connectivity index (χ0v) is 8.73. The third-order valence-electron chi connectivity index (χ3n) is 1.82. The van der Waals surface area contributed by atoms with Crippen LogP contribution in [-0.2, 0) is 4.79 Å². The highest BCUT2D eigenvalue weighted by atomic mass is 16.3. The number of aliphatic hydroxyl groups is 1. The first-order valence-corrected chi connectivity index (χ1v) is 4.92. The molecule has 1 amide bonds. The molecular formula is C11H16N2O2. The Bertz CT molecular complexity index is 299. The second-order valence-corrected chi connectivity index (χ2v) is 3.37. The molecule has 0 spiro atoms. The van der Waals surface area contributed by atoms with Gasteiger partial charge in [-0.3, -0.25) is 4.79 Å². The van der Waals surface area contributed by atoms with Crippen molar-refractivity contribution in [3.8, 4) is 0 Å². The van der Waals surface area contributed by atoms with Gasteiger partial charge in [-0.1, -0.05) is 18.2 Å². The molecule has 0 aliphatic heterocycles. The summed E-state index contributed by atoms with van der Waals surface area (Å²) in [6.45, 7) is 2.14. The van der Waals surface area contributed by atoms with Crippen LogP contribution < -0.4 is 10.6 Å². The Morgan fingerprint density at radius 2 is 2.07 bits per heavy atom. The molecule has 0 radical (unpaired) electrons. The van der Waals surface area contributed by atoms with Gasteiger partial charge in [0.1, 0.15) is 0 Å². The van der Waals surface area contributed by atoms with Crippen LogP contribution in [0.2, 0.25) is 0 Å². The molecule has 1 rings (SSSR count). The topological polar surface area (TPSA) is 61.4 Å². The summed E-state index contributed by atoms with van der Waals surface area (Å²) in [5.41, 5.74) is 0.907. The van der Waals surface area contributed by atoms with Gasteiger partial charge in [-0.05, 0) is 19.1 Å². The molecule has 0 saturated heterocycles. The average molecular weight is 208 g/mol. The fourth-order valence-corrected chi connectivity index (χ4v) is 1.06. The highest BCUT2D eigenvalue weighted by molar-refractivity contribution is 5.80. The average Bonchev–Trinajstić information content (AvgIpc) is 2.25. The van der Waals surface area contributed by atoms with E-state index >= 15 is 0 Å². The van der Waals surface area contributed by atoms with E-state index in [2.05, 4.69) is 10.6 Å². The minimum atomic E-state index is -0.509. The highest BCUT2D eigenvalue weighted by Gasteiger charge is 2.01. The van der Waals surface area contributed by atoms with Crippen LogP contribution in [0, 0.1) is 0 Å². The fourth-order valence-electron chi connectivity index (χ4n) is 1.06. The van der Waals surface area contributed by atoms with Crippen molar-refractivity contribution >= 4 is 11.6 Å². The Labute approximate surface area is 89.3 Å². The van der Waals surface area contributed by atoms with E-state index in [4.69, 9.17) is 5.11 Å². The summed E-state index contributed by atoms with van der Waals surface area (Å²) in [6, 6.07) is 9.49. The monoisotopic (exact) mass is 208 g/mol. The van der Waals surface area contributed by atoms with Crippen molar-refractivity contribution < 1.29 is 9.90 Å². The van der Waals surface area contributed by atoms with Gasteiger partial charge >= 0.3 is 0 Å². The number of carbonyl (C=O) groups excluding carboxylic acids is 1. The quantitative estimate of drug-likeness (QED) is 0.664. The molecule has 0 heterocycles. The molecule has 15 heavy (non-hydrogen) atoms. The number of aliphatic hydroxyl groups excluding tert-OH is 1. The summed E-state index contributed by atoms with van der Waals surface area (Å²) in [5, 5.41) is 14.5. The van der Waals surface area contributed by atoms with E-state index in [0.717, 1.165) is 5.69 Å². The summed E-state index contributed by atoms with van der Waals surface area (Å²) in [5.74, 6) is -0.125. The van der Waals surface area contributed by atoms with E-state index < -0.39 is 6.10 Å². The normalized spacial score (nSPS) is 11.9. The molecule has 0 saturated carbocycles. The molecule has 82 valence electrons. The van der Waals surface area contributed by atoms with Crippen LogP contribution in [0.15, 0.2) is 30.3 Å². The lowest BCUT2D eigenvalue weighted by atomic mass is 10.3. The number of para-hydroxylation sites is 1. The third-order valence-corrected chi connectivity index (χ3v) is 1.82. The number of hydrogen-bond acceptors (Lipinski definition) is 3. The van der Waals surface area contributed by atoms with Gasteiger partial charge in [-0.15, -0.1) is 0 Å². The lowest BCUT2D eigenvalue weighted by Gasteiger charge is -2.08. The number of nitrogens with one attached hydrogen (secondary N) is 2. The lowest BCUT2D eigenvalue weighted by molar-refractivity contribution is -0.119. The van der Waals surface area contributed by atoms with Crippen molar-refractivity contribution in [2.45, 2.75) is 13.0 Å². The summed E-state index contributed by atoms with van der Waals surface area (Å²) >= 11 is 0. The minimum absolute atomic E-state index is 0.125. The van der Waals surface area contributed by atoms with Crippen molar-refractivity contribution in [1.29, 1.82) is 0 Å². The van der Waals surface area contributed by atoms with Crippen LogP contribution in [0.1, 0.15) is 6.92 Å². The maximum atomic E-state index is 11.2. The van der Waals surface area contributed by atoms with E-state index in [9.17, 15) is 4.79 Å². The van der Waals surface area contributed by atoms with Crippen LogP contribution in [0.5, 0.6) is 0 Å². The largest absolute Gasteiger partial charge is 0.392 e. The molecule has 0 fully saturated rings. The number of rotatable bonds is 5. The number of amides is 1. The van der Waals surface area contributed by atoms with Crippen LogP contribution in [0.25, 0.3) is 0 Å². The number of benzene rings is 1. The van der Waals surface area contributed by atoms with Gasteiger partial charge in [0, 0.05) is 12.2 Å². The second-order valence-electron chi connectivity index (χ2n) is 3.37. The molecule has 4 nitrogen and oxygen atoms in total. The first kappa shape index (κ1) is 11.5. The van der Waals surface area contributed by atoms with E-state index in [1.54, 1.807) is 6.92 Å². The Kier molecular flexibility index (Phi) is 4.63.